The summed E-state index contributed by atoms with van der Waals surface area (Å²) in [7, 11) is 0. The molecule has 0 aromatic heterocycles. The maximum atomic E-state index is 12.0. The van der Waals surface area contributed by atoms with E-state index in [9.17, 15) is 4.79 Å². The second-order valence-corrected chi connectivity index (χ2v) is 7.14. The highest BCUT2D eigenvalue weighted by Crippen LogP contribution is 2.28. The molecule has 110 valence electrons. The van der Waals surface area contributed by atoms with Crippen molar-refractivity contribution in [3.8, 4) is 0 Å². The highest BCUT2D eigenvalue weighted by atomic mass is 79.9. The molecule has 1 aromatic rings. The minimum Gasteiger partial charge on any atom is -0.351 e. The number of aryl methyl sites for hydroxylation is 2. The lowest BCUT2D eigenvalue weighted by molar-refractivity contribution is -0.119. The van der Waals surface area contributed by atoms with Crippen LogP contribution in [0.3, 0.4) is 0 Å². The van der Waals surface area contributed by atoms with Crippen LogP contribution in [-0.4, -0.2) is 30.8 Å². The predicted molar refractivity (Wildman–Crippen MR) is 88.4 cm³/mol. The van der Waals surface area contributed by atoms with E-state index in [0.29, 0.717) is 11.8 Å². The van der Waals surface area contributed by atoms with Gasteiger partial charge >= 0.3 is 0 Å². The molecule has 1 heterocycles. The van der Waals surface area contributed by atoms with Gasteiger partial charge in [0.1, 0.15) is 0 Å². The molecule has 0 spiro atoms. The van der Waals surface area contributed by atoms with Crippen LogP contribution in [0.2, 0.25) is 0 Å². The molecule has 0 radical (unpaired) electrons. The first-order valence-electron chi connectivity index (χ1n) is 6.96. The molecule has 2 N–H and O–H groups in total. The average molecular weight is 357 g/mol. The van der Waals surface area contributed by atoms with Gasteiger partial charge in [0.05, 0.1) is 5.75 Å². The molecular weight excluding hydrogens is 336 g/mol. The van der Waals surface area contributed by atoms with Crippen molar-refractivity contribution < 1.29 is 4.79 Å². The Morgan fingerprint density at radius 2 is 2.25 bits per heavy atom. The zero-order chi connectivity index (χ0) is 14.5. The fourth-order valence-corrected chi connectivity index (χ4v) is 3.67. The number of hydrogen-bond acceptors (Lipinski definition) is 3. The largest absolute Gasteiger partial charge is 0.351 e. The highest BCUT2D eigenvalue weighted by molar-refractivity contribution is 9.10. The van der Waals surface area contributed by atoms with Gasteiger partial charge in [-0.25, -0.2) is 0 Å². The van der Waals surface area contributed by atoms with E-state index in [1.54, 1.807) is 11.8 Å². The van der Waals surface area contributed by atoms with Gasteiger partial charge < -0.3 is 10.6 Å². The minimum atomic E-state index is 0.128. The van der Waals surface area contributed by atoms with Crippen LogP contribution in [0.1, 0.15) is 24.0 Å². The van der Waals surface area contributed by atoms with Crippen molar-refractivity contribution in [1.82, 2.24) is 10.6 Å². The van der Waals surface area contributed by atoms with Crippen molar-refractivity contribution in [2.45, 2.75) is 37.6 Å². The molecule has 1 saturated heterocycles. The van der Waals surface area contributed by atoms with Crippen molar-refractivity contribution >= 4 is 33.6 Å². The summed E-state index contributed by atoms with van der Waals surface area (Å²) >= 11 is 5.14. The number of carbonyl (C=O) groups is 1. The first kappa shape index (κ1) is 15.9. The number of benzene rings is 1. The van der Waals surface area contributed by atoms with E-state index >= 15 is 0 Å². The lowest BCUT2D eigenvalue weighted by atomic mass is 10.1. The van der Waals surface area contributed by atoms with Crippen LogP contribution < -0.4 is 10.6 Å². The van der Waals surface area contributed by atoms with E-state index in [4.69, 9.17) is 0 Å². The van der Waals surface area contributed by atoms with Gasteiger partial charge in [-0.2, -0.15) is 0 Å². The summed E-state index contributed by atoms with van der Waals surface area (Å²) in [6.07, 6.45) is 2.23. The Kier molecular flexibility index (Phi) is 5.93. The Morgan fingerprint density at radius 1 is 1.45 bits per heavy atom. The Hall–Kier alpha value is -0.520. The van der Waals surface area contributed by atoms with Crippen LogP contribution in [0, 0.1) is 13.8 Å². The molecule has 1 atom stereocenters. The van der Waals surface area contributed by atoms with Crippen molar-refractivity contribution in [3.05, 3.63) is 27.7 Å². The van der Waals surface area contributed by atoms with Gasteiger partial charge in [-0.15, -0.1) is 11.8 Å². The maximum Gasteiger partial charge on any atom is 0.230 e. The summed E-state index contributed by atoms with van der Waals surface area (Å²) in [6.45, 7) is 6.11. The molecule has 20 heavy (non-hydrogen) atoms. The summed E-state index contributed by atoms with van der Waals surface area (Å²) in [5.74, 6) is 0.613. The van der Waals surface area contributed by atoms with Crippen LogP contribution in [0.15, 0.2) is 21.5 Å². The summed E-state index contributed by atoms with van der Waals surface area (Å²) in [4.78, 5) is 13.2. The molecule has 1 amide bonds. The number of halogens is 1. The summed E-state index contributed by atoms with van der Waals surface area (Å²) < 4.78 is 1.12. The molecule has 1 aliphatic rings. The number of rotatable bonds is 4. The van der Waals surface area contributed by atoms with Crippen molar-refractivity contribution in [2.24, 2.45) is 0 Å². The third-order valence-electron chi connectivity index (χ3n) is 3.48. The molecular formula is C15H21BrN2OS. The van der Waals surface area contributed by atoms with E-state index in [-0.39, 0.29) is 5.91 Å². The van der Waals surface area contributed by atoms with Crippen molar-refractivity contribution in [2.75, 3.05) is 18.8 Å². The van der Waals surface area contributed by atoms with Gasteiger partial charge in [-0.3, -0.25) is 4.79 Å². The molecule has 1 aliphatic heterocycles. The van der Waals surface area contributed by atoms with Crippen LogP contribution in [0.4, 0.5) is 0 Å². The number of hydrogen-bond donors (Lipinski definition) is 2. The Labute approximate surface area is 133 Å². The maximum absolute atomic E-state index is 12.0. The van der Waals surface area contributed by atoms with Gasteiger partial charge in [0.25, 0.3) is 0 Å². The SMILES string of the molecule is Cc1cc(SCC(=O)N[C@H]2CCCNC2)c(C)cc1Br. The van der Waals surface area contributed by atoms with E-state index in [0.717, 1.165) is 30.4 Å². The molecule has 2 rings (SSSR count). The fraction of sp³-hybridized carbons (Fsp3) is 0.533. The monoisotopic (exact) mass is 356 g/mol. The van der Waals surface area contributed by atoms with E-state index < -0.39 is 0 Å². The fourth-order valence-electron chi connectivity index (χ4n) is 2.30. The Balaban J connectivity index is 1.85. The first-order valence-corrected chi connectivity index (χ1v) is 8.74. The summed E-state index contributed by atoms with van der Waals surface area (Å²) in [5, 5.41) is 6.41. The third kappa shape index (κ3) is 4.50. The lowest BCUT2D eigenvalue weighted by Gasteiger charge is -2.23. The van der Waals surface area contributed by atoms with E-state index in [1.807, 2.05) is 0 Å². The smallest absolute Gasteiger partial charge is 0.230 e. The third-order valence-corrected chi connectivity index (χ3v) is 5.49. The minimum absolute atomic E-state index is 0.128. The zero-order valence-electron chi connectivity index (χ0n) is 12.0. The number of amides is 1. The lowest BCUT2D eigenvalue weighted by Crippen LogP contribution is -2.46. The molecule has 1 fully saturated rings. The summed E-state index contributed by atoms with van der Waals surface area (Å²) in [5.41, 5.74) is 2.41. The Morgan fingerprint density at radius 3 is 2.95 bits per heavy atom. The Bertz CT molecular complexity index is 487. The topological polar surface area (TPSA) is 41.1 Å². The second-order valence-electron chi connectivity index (χ2n) is 5.27. The van der Waals surface area contributed by atoms with Gasteiger partial charge in [0.2, 0.25) is 5.91 Å². The number of nitrogens with one attached hydrogen (secondary N) is 2. The number of thioether (sulfide) groups is 1. The highest BCUT2D eigenvalue weighted by Gasteiger charge is 2.15. The van der Waals surface area contributed by atoms with Crippen LogP contribution in [-0.2, 0) is 4.79 Å². The predicted octanol–water partition coefficient (Wildman–Crippen LogP) is 3.03. The van der Waals surface area contributed by atoms with Gasteiger partial charge in [-0.05, 0) is 56.5 Å². The van der Waals surface area contributed by atoms with Crippen LogP contribution >= 0.6 is 27.7 Å². The summed E-state index contributed by atoms with van der Waals surface area (Å²) in [6, 6.07) is 4.55. The molecule has 5 heteroatoms. The quantitative estimate of drug-likeness (QED) is 0.814. The number of piperidine rings is 1. The average Bonchev–Trinajstić information content (AvgIpc) is 2.42. The molecule has 0 bridgehead atoms. The molecule has 0 unspecified atom stereocenters. The second kappa shape index (κ2) is 7.48. The molecule has 0 aliphatic carbocycles. The van der Waals surface area contributed by atoms with Gasteiger partial charge in [0.15, 0.2) is 0 Å². The molecule has 0 saturated carbocycles. The number of carbonyl (C=O) groups excluding carboxylic acids is 1. The zero-order valence-corrected chi connectivity index (χ0v) is 14.4. The first-order chi connectivity index (χ1) is 9.56. The molecule has 3 nitrogen and oxygen atoms in total. The standard InChI is InChI=1S/C15H21BrN2OS/c1-10-7-14(11(2)6-13(10)16)20-9-15(19)18-12-4-3-5-17-8-12/h6-7,12,17H,3-5,8-9H2,1-2H3,(H,18,19)/t12-/m0/s1. The van der Waals surface area contributed by atoms with Gasteiger partial charge in [0, 0.05) is 22.0 Å². The van der Waals surface area contributed by atoms with E-state index in [1.165, 1.54) is 16.0 Å². The van der Waals surface area contributed by atoms with Crippen LogP contribution in [0.25, 0.3) is 0 Å². The van der Waals surface area contributed by atoms with Gasteiger partial charge in [-0.1, -0.05) is 15.9 Å². The van der Waals surface area contributed by atoms with Crippen molar-refractivity contribution in [3.63, 3.8) is 0 Å². The normalized spacial score (nSPS) is 18.9. The molecule has 1 aromatic carbocycles. The van der Waals surface area contributed by atoms with Crippen LogP contribution in [0.5, 0.6) is 0 Å². The van der Waals surface area contributed by atoms with E-state index in [2.05, 4.69) is 52.5 Å². The van der Waals surface area contributed by atoms with Crippen molar-refractivity contribution in [1.29, 1.82) is 0 Å².